The van der Waals surface area contributed by atoms with Crippen molar-refractivity contribution in [2.24, 2.45) is 0 Å². The molecule has 0 aromatic heterocycles. The second kappa shape index (κ2) is 27.8. The predicted octanol–water partition coefficient (Wildman–Crippen LogP) is 6.72. The Labute approximate surface area is 226 Å². The molecule has 0 rings (SSSR count). The van der Waals surface area contributed by atoms with Crippen LogP contribution in [-0.2, 0) is 38.0 Å². The van der Waals surface area contributed by atoms with Crippen LogP contribution in [0, 0.1) is 0 Å². The van der Waals surface area contributed by atoms with E-state index in [1.165, 1.54) is 38.5 Å². The molecular weight excluding hydrogens is 476 g/mol. The van der Waals surface area contributed by atoms with Gasteiger partial charge in [0.1, 0.15) is 0 Å². The van der Waals surface area contributed by atoms with Crippen molar-refractivity contribution >= 4 is 11.9 Å². The highest BCUT2D eigenvalue weighted by Crippen LogP contribution is 2.10. The third kappa shape index (κ3) is 27.6. The average molecular weight is 533 g/mol. The molecule has 0 aromatic rings. The summed E-state index contributed by atoms with van der Waals surface area (Å²) in [5.74, 6) is -0.486. The van der Waals surface area contributed by atoms with Crippen molar-refractivity contribution in [2.75, 3.05) is 39.6 Å². The third-order valence-corrected chi connectivity index (χ3v) is 5.80. The van der Waals surface area contributed by atoms with Gasteiger partial charge >= 0.3 is 11.9 Å². The van der Waals surface area contributed by atoms with Crippen LogP contribution in [0.5, 0.6) is 0 Å². The summed E-state index contributed by atoms with van der Waals surface area (Å²) in [6.45, 7) is 11.2. The molecule has 0 spiro atoms. The van der Waals surface area contributed by atoms with Crippen LogP contribution in [-0.4, -0.2) is 64.2 Å². The fourth-order valence-corrected chi connectivity index (χ4v) is 3.64. The minimum atomic E-state index is -0.559. The molecule has 37 heavy (non-hydrogen) atoms. The van der Waals surface area contributed by atoms with Crippen molar-refractivity contribution in [3.63, 3.8) is 0 Å². The summed E-state index contributed by atoms with van der Waals surface area (Å²) in [4.78, 5) is 23.8. The molecule has 0 N–H and O–H groups in total. The molecule has 0 aliphatic heterocycles. The summed E-state index contributed by atoms with van der Waals surface area (Å²) < 4.78 is 32.5. The van der Waals surface area contributed by atoms with Crippen LogP contribution >= 0.6 is 0 Å². The third-order valence-electron chi connectivity index (χ3n) is 5.80. The molecule has 8 nitrogen and oxygen atoms in total. The predicted molar refractivity (Wildman–Crippen MR) is 145 cm³/mol. The van der Waals surface area contributed by atoms with Crippen LogP contribution in [0.15, 0.2) is 0 Å². The number of rotatable bonds is 28. The highest BCUT2D eigenvalue weighted by atomic mass is 16.7. The molecule has 8 heteroatoms. The zero-order valence-electron chi connectivity index (χ0n) is 24.3. The van der Waals surface area contributed by atoms with Gasteiger partial charge in [-0.25, -0.2) is 0 Å². The summed E-state index contributed by atoms with van der Waals surface area (Å²) in [6.07, 6.45) is 13.4. The largest absolute Gasteiger partial charge is 0.436 e. The molecule has 0 fully saturated rings. The summed E-state index contributed by atoms with van der Waals surface area (Å²) in [7, 11) is 0. The summed E-state index contributed by atoms with van der Waals surface area (Å²) in [5, 5.41) is 0. The molecule has 0 aliphatic carbocycles. The Morgan fingerprint density at radius 3 is 1.27 bits per heavy atom. The number of hydrogen-bond donors (Lipinski definition) is 0. The van der Waals surface area contributed by atoms with Gasteiger partial charge in [0.25, 0.3) is 0 Å². The van der Waals surface area contributed by atoms with Crippen molar-refractivity contribution in [3.8, 4) is 0 Å². The van der Waals surface area contributed by atoms with E-state index in [1.807, 2.05) is 0 Å². The van der Waals surface area contributed by atoms with Crippen molar-refractivity contribution in [2.45, 2.75) is 137 Å². The van der Waals surface area contributed by atoms with E-state index in [0.717, 1.165) is 58.2 Å². The normalized spacial score (nSPS) is 12.9. The van der Waals surface area contributed by atoms with E-state index in [9.17, 15) is 9.59 Å². The van der Waals surface area contributed by atoms with Crippen LogP contribution in [0.3, 0.4) is 0 Å². The van der Waals surface area contributed by atoms with E-state index in [4.69, 9.17) is 28.4 Å². The van der Waals surface area contributed by atoms with Gasteiger partial charge in [0.05, 0.1) is 26.4 Å². The first kappa shape index (κ1) is 35.8. The number of carbonyl (C=O) groups is 2. The van der Waals surface area contributed by atoms with Crippen LogP contribution in [0.2, 0.25) is 0 Å². The SMILES string of the molecule is CCCCCCOCCOC(C)OC(=O)CCCCCCCC(=O)OC(C)OCCOCCCCCC. The summed E-state index contributed by atoms with van der Waals surface area (Å²) in [6, 6.07) is 0. The van der Waals surface area contributed by atoms with E-state index >= 15 is 0 Å². The van der Waals surface area contributed by atoms with Crippen LogP contribution in [0.25, 0.3) is 0 Å². The number of carbonyl (C=O) groups excluding carboxylic acids is 2. The first-order valence-electron chi connectivity index (χ1n) is 14.8. The number of ether oxygens (including phenoxy) is 6. The molecule has 0 radical (unpaired) electrons. The highest BCUT2D eigenvalue weighted by Gasteiger charge is 2.11. The first-order chi connectivity index (χ1) is 18.0. The lowest BCUT2D eigenvalue weighted by Gasteiger charge is -2.14. The Morgan fingerprint density at radius 1 is 0.486 bits per heavy atom. The van der Waals surface area contributed by atoms with E-state index in [1.54, 1.807) is 13.8 Å². The lowest BCUT2D eigenvalue weighted by molar-refractivity contribution is -0.178. The van der Waals surface area contributed by atoms with Crippen molar-refractivity contribution < 1.29 is 38.0 Å². The van der Waals surface area contributed by atoms with Gasteiger partial charge in [0.2, 0.25) is 0 Å². The van der Waals surface area contributed by atoms with E-state index < -0.39 is 12.6 Å². The molecule has 0 amide bonds. The number of hydrogen-bond acceptors (Lipinski definition) is 8. The quantitative estimate of drug-likeness (QED) is 0.0623. The van der Waals surface area contributed by atoms with Crippen LogP contribution in [0.4, 0.5) is 0 Å². The zero-order valence-corrected chi connectivity index (χ0v) is 24.3. The highest BCUT2D eigenvalue weighted by molar-refractivity contribution is 5.69. The lowest BCUT2D eigenvalue weighted by atomic mass is 10.1. The van der Waals surface area contributed by atoms with Crippen LogP contribution in [0.1, 0.15) is 124 Å². The van der Waals surface area contributed by atoms with Gasteiger partial charge in [-0.15, -0.1) is 0 Å². The Bertz CT molecular complexity index is 470. The fraction of sp³-hybridized carbons (Fsp3) is 0.931. The summed E-state index contributed by atoms with van der Waals surface area (Å²) >= 11 is 0. The number of unbranched alkanes of at least 4 members (excludes halogenated alkanes) is 10. The molecular formula is C29H56O8. The maximum Gasteiger partial charge on any atom is 0.308 e. The molecule has 0 saturated carbocycles. The average Bonchev–Trinajstić information content (AvgIpc) is 2.86. The minimum absolute atomic E-state index is 0.243. The van der Waals surface area contributed by atoms with Gasteiger partial charge < -0.3 is 28.4 Å². The molecule has 0 bridgehead atoms. The van der Waals surface area contributed by atoms with Gasteiger partial charge in [-0.05, 0) is 39.5 Å². The fourth-order valence-electron chi connectivity index (χ4n) is 3.64. The molecule has 0 aliphatic rings. The molecule has 0 saturated heterocycles. The number of esters is 2. The second-order valence-electron chi connectivity index (χ2n) is 9.47. The first-order valence-corrected chi connectivity index (χ1v) is 14.8. The maximum atomic E-state index is 11.9. The van der Waals surface area contributed by atoms with E-state index in [0.29, 0.717) is 39.3 Å². The zero-order chi connectivity index (χ0) is 27.4. The van der Waals surface area contributed by atoms with Gasteiger partial charge in [0, 0.05) is 26.1 Å². The Balaban J connectivity index is 3.49. The van der Waals surface area contributed by atoms with Gasteiger partial charge in [0.15, 0.2) is 12.6 Å². The smallest absolute Gasteiger partial charge is 0.308 e. The van der Waals surface area contributed by atoms with Crippen molar-refractivity contribution in [1.82, 2.24) is 0 Å². The second-order valence-corrected chi connectivity index (χ2v) is 9.47. The lowest BCUT2D eigenvalue weighted by Crippen LogP contribution is -2.20. The molecule has 2 unspecified atom stereocenters. The molecule has 2 atom stereocenters. The Morgan fingerprint density at radius 2 is 0.865 bits per heavy atom. The van der Waals surface area contributed by atoms with Crippen molar-refractivity contribution in [3.05, 3.63) is 0 Å². The topological polar surface area (TPSA) is 89.5 Å². The van der Waals surface area contributed by atoms with Crippen molar-refractivity contribution in [1.29, 1.82) is 0 Å². The van der Waals surface area contributed by atoms with E-state index in [2.05, 4.69) is 13.8 Å². The standard InChI is InChI=1S/C29H56O8/c1-5-7-9-16-20-32-22-24-34-26(3)36-28(30)18-14-12-11-13-15-19-29(31)37-27(4)35-25-23-33-21-17-10-8-6-2/h26-27H,5-25H2,1-4H3. The van der Waals surface area contributed by atoms with Gasteiger partial charge in [-0.1, -0.05) is 71.6 Å². The molecule has 0 aromatic carbocycles. The van der Waals surface area contributed by atoms with Gasteiger partial charge in [-0.3, -0.25) is 9.59 Å². The van der Waals surface area contributed by atoms with Crippen LogP contribution < -0.4 is 0 Å². The molecule has 0 heterocycles. The Kier molecular flexibility index (Phi) is 26.9. The monoisotopic (exact) mass is 532 g/mol. The molecule has 220 valence electrons. The van der Waals surface area contributed by atoms with E-state index in [-0.39, 0.29) is 11.9 Å². The Hall–Kier alpha value is -1.22. The summed E-state index contributed by atoms with van der Waals surface area (Å²) in [5.41, 5.74) is 0. The minimum Gasteiger partial charge on any atom is -0.436 e. The van der Waals surface area contributed by atoms with Gasteiger partial charge in [-0.2, -0.15) is 0 Å². The maximum absolute atomic E-state index is 11.9.